The lowest BCUT2D eigenvalue weighted by atomic mass is 10.2. The zero-order valence-corrected chi connectivity index (χ0v) is 15.0. The third-order valence-electron chi connectivity index (χ3n) is 4.17. The van der Waals surface area contributed by atoms with Crippen LogP contribution in [0.3, 0.4) is 0 Å². The van der Waals surface area contributed by atoms with Gasteiger partial charge in [0.05, 0.1) is 5.52 Å². The van der Waals surface area contributed by atoms with Gasteiger partial charge in [-0.15, -0.1) is 33.4 Å². The number of thioether (sulfide) groups is 1. The molecule has 0 bridgehead atoms. The molecule has 0 radical (unpaired) electrons. The van der Waals surface area contributed by atoms with Crippen molar-refractivity contribution in [2.45, 2.75) is 35.8 Å². The Labute approximate surface area is 148 Å². The van der Waals surface area contributed by atoms with Crippen molar-refractivity contribution >= 4 is 57.0 Å². The minimum absolute atomic E-state index is 0.316. The lowest BCUT2D eigenvalue weighted by Crippen LogP contribution is -2.01. The fourth-order valence-corrected chi connectivity index (χ4v) is 4.54. The van der Waals surface area contributed by atoms with Gasteiger partial charge in [0, 0.05) is 23.6 Å². The van der Waals surface area contributed by atoms with Crippen molar-refractivity contribution < 1.29 is 0 Å². The molecule has 1 aliphatic carbocycles. The topological polar surface area (TPSA) is 43.6 Å². The normalized spacial score (nSPS) is 19.5. The van der Waals surface area contributed by atoms with Crippen molar-refractivity contribution in [3.8, 4) is 0 Å². The maximum absolute atomic E-state index is 6.08. The number of para-hydroxylation sites is 1. The van der Waals surface area contributed by atoms with Gasteiger partial charge in [-0.2, -0.15) is 0 Å². The van der Waals surface area contributed by atoms with E-state index in [2.05, 4.69) is 33.8 Å². The van der Waals surface area contributed by atoms with Crippen molar-refractivity contribution in [1.29, 1.82) is 0 Å². The number of halogens is 2. The van der Waals surface area contributed by atoms with Crippen LogP contribution in [0.15, 0.2) is 29.4 Å². The van der Waals surface area contributed by atoms with Gasteiger partial charge in [0.1, 0.15) is 9.85 Å². The fourth-order valence-electron chi connectivity index (χ4n) is 2.83. The molecule has 2 aromatic heterocycles. The third-order valence-corrected chi connectivity index (χ3v) is 6.10. The van der Waals surface area contributed by atoms with Gasteiger partial charge in [-0.25, -0.2) is 4.98 Å². The Morgan fingerprint density at radius 3 is 2.83 bits per heavy atom. The third kappa shape index (κ3) is 2.79. The highest BCUT2D eigenvalue weighted by atomic mass is 35.5. The highest BCUT2D eigenvalue weighted by Crippen LogP contribution is 2.54. The fraction of sp³-hybridized carbons (Fsp3) is 0.438. The molecule has 1 unspecified atom stereocenters. The van der Waals surface area contributed by atoms with E-state index < -0.39 is 4.33 Å². The van der Waals surface area contributed by atoms with Gasteiger partial charge >= 0.3 is 0 Å². The molecule has 0 N–H and O–H groups in total. The Morgan fingerprint density at radius 2 is 2.09 bits per heavy atom. The SMILES string of the molecule is CCCn1c2ccccc2c2nnc(SCC3CC3(Cl)Cl)nc21. The lowest BCUT2D eigenvalue weighted by Gasteiger charge is -2.04. The van der Waals surface area contributed by atoms with Crippen molar-refractivity contribution in [3.63, 3.8) is 0 Å². The number of alkyl halides is 2. The van der Waals surface area contributed by atoms with Gasteiger partial charge < -0.3 is 4.57 Å². The molecule has 7 heteroatoms. The Balaban J connectivity index is 1.72. The highest BCUT2D eigenvalue weighted by Gasteiger charge is 2.51. The van der Waals surface area contributed by atoms with Crippen LogP contribution in [0, 0.1) is 5.92 Å². The highest BCUT2D eigenvalue weighted by molar-refractivity contribution is 7.99. The quantitative estimate of drug-likeness (QED) is 0.485. The van der Waals surface area contributed by atoms with Crippen LogP contribution >= 0.6 is 35.0 Å². The molecule has 2 heterocycles. The molecular weight excluding hydrogens is 351 g/mol. The predicted molar refractivity (Wildman–Crippen MR) is 96.4 cm³/mol. The van der Waals surface area contributed by atoms with E-state index in [1.807, 2.05) is 12.1 Å². The van der Waals surface area contributed by atoms with Gasteiger partial charge in [-0.1, -0.05) is 36.9 Å². The first-order chi connectivity index (χ1) is 11.1. The first kappa shape index (κ1) is 15.5. The molecule has 1 fully saturated rings. The second kappa shape index (κ2) is 5.80. The molecule has 1 aromatic carbocycles. The van der Waals surface area contributed by atoms with Gasteiger partial charge in [0.2, 0.25) is 5.16 Å². The number of benzene rings is 1. The summed E-state index contributed by atoms with van der Waals surface area (Å²) in [4.78, 5) is 4.74. The van der Waals surface area contributed by atoms with E-state index >= 15 is 0 Å². The summed E-state index contributed by atoms with van der Waals surface area (Å²) in [7, 11) is 0. The summed E-state index contributed by atoms with van der Waals surface area (Å²) in [6.45, 7) is 3.08. The summed E-state index contributed by atoms with van der Waals surface area (Å²) in [6, 6.07) is 8.26. The van der Waals surface area contributed by atoms with E-state index in [9.17, 15) is 0 Å². The lowest BCUT2D eigenvalue weighted by molar-refractivity contribution is 0.709. The molecule has 0 spiro atoms. The monoisotopic (exact) mass is 366 g/mol. The summed E-state index contributed by atoms with van der Waals surface area (Å²) < 4.78 is 1.68. The summed E-state index contributed by atoms with van der Waals surface area (Å²) in [5.41, 5.74) is 2.94. The van der Waals surface area contributed by atoms with E-state index in [0.717, 1.165) is 47.2 Å². The average Bonchev–Trinajstić information content (AvgIpc) is 3.05. The standard InChI is InChI=1S/C16H16Cl2N4S/c1-2-7-22-12-6-4-3-5-11(12)13-14(22)19-15(21-20-13)23-9-10-8-16(10,17)18/h3-6,10H,2,7-9H2,1H3. The largest absolute Gasteiger partial charge is 0.324 e. The number of fused-ring (bicyclic) bond motifs is 3. The summed E-state index contributed by atoms with van der Waals surface area (Å²) >= 11 is 13.7. The van der Waals surface area contributed by atoms with Crippen LogP contribution in [-0.4, -0.2) is 29.8 Å². The zero-order valence-electron chi connectivity index (χ0n) is 12.7. The van der Waals surface area contributed by atoms with Gasteiger partial charge in [-0.05, 0) is 18.9 Å². The molecule has 1 aliphatic rings. The number of rotatable bonds is 5. The van der Waals surface area contributed by atoms with E-state index in [1.165, 1.54) is 0 Å². The van der Waals surface area contributed by atoms with E-state index in [4.69, 9.17) is 28.2 Å². The molecule has 1 saturated carbocycles. The van der Waals surface area contributed by atoms with Crippen LogP contribution < -0.4 is 0 Å². The molecule has 4 rings (SSSR count). The van der Waals surface area contributed by atoms with Crippen LogP contribution in [-0.2, 0) is 6.54 Å². The molecule has 0 amide bonds. The van der Waals surface area contributed by atoms with E-state index in [-0.39, 0.29) is 0 Å². The Hall–Kier alpha value is -1.04. The maximum Gasteiger partial charge on any atom is 0.211 e. The molecule has 120 valence electrons. The zero-order chi connectivity index (χ0) is 16.0. The minimum atomic E-state index is -0.554. The van der Waals surface area contributed by atoms with Crippen molar-refractivity contribution in [1.82, 2.24) is 19.7 Å². The molecule has 0 saturated heterocycles. The van der Waals surface area contributed by atoms with Gasteiger partial charge in [-0.3, -0.25) is 0 Å². The number of aryl methyl sites for hydroxylation is 1. The van der Waals surface area contributed by atoms with Crippen LogP contribution in [0.2, 0.25) is 0 Å². The molecule has 23 heavy (non-hydrogen) atoms. The van der Waals surface area contributed by atoms with Crippen molar-refractivity contribution in [3.05, 3.63) is 24.3 Å². The molecule has 0 aliphatic heterocycles. The molecular formula is C16H16Cl2N4S. The van der Waals surface area contributed by atoms with Crippen LogP contribution in [0.4, 0.5) is 0 Å². The Morgan fingerprint density at radius 1 is 1.30 bits per heavy atom. The second-order valence-electron chi connectivity index (χ2n) is 5.91. The van der Waals surface area contributed by atoms with Gasteiger partial charge in [0.15, 0.2) is 5.65 Å². The molecule has 1 atom stereocenters. The summed E-state index contributed by atoms with van der Waals surface area (Å²) in [5.74, 6) is 1.14. The number of hydrogen-bond donors (Lipinski definition) is 0. The predicted octanol–water partition coefficient (Wildman–Crippen LogP) is 4.68. The van der Waals surface area contributed by atoms with E-state index in [1.54, 1.807) is 11.8 Å². The maximum atomic E-state index is 6.08. The minimum Gasteiger partial charge on any atom is -0.324 e. The summed E-state index contributed by atoms with van der Waals surface area (Å²) in [5, 5.41) is 10.5. The number of nitrogens with zero attached hydrogens (tertiary/aromatic N) is 4. The first-order valence-corrected chi connectivity index (χ1v) is 9.46. The Bertz CT molecular complexity index is 877. The average molecular weight is 367 g/mol. The van der Waals surface area contributed by atoms with Crippen LogP contribution in [0.25, 0.3) is 22.1 Å². The van der Waals surface area contributed by atoms with E-state index in [0.29, 0.717) is 11.1 Å². The van der Waals surface area contributed by atoms with Crippen molar-refractivity contribution in [2.75, 3.05) is 5.75 Å². The second-order valence-corrected chi connectivity index (χ2v) is 8.44. The molecule has 4 nitrogen and oxygen atoms in total. The Kier molecular flexibility index (Phi) is 3.90. The smallest absolute Gasteiger partial charge is 0.211 e. The number of aromatic nitrogens is 4. The van der Waals surface area contributed by atoms with Crippen LogP contribution in [0.1, 0.15) is 19.8 Å². The van der Waals surface area contributed by atoms with Crippen LogP contribution in [0.5, 0.6) is 0 Å². The molecule has 3 aromatic rings. The first-order valence-electron chi connectivity index (χ1n) is 7.72. The summed E-state index contributed by atoms with van der Waals surface area (Å²) in [6.07, 6.45) is 1.89. The van der Waals surface area contributed by atoms with Gasteiger partial charge in [0.25, 0.3) is 0 Å². The van der Waals surface area contributed by atoms with Crippen molar-refractivity contribution in [2.24, 2.45) is 5.92 Å². The number of hydrogen-bond acceptors (Lipinski definition) is 4.